The highest BCUT2D eigenvalue weighted by Crippen LogP contribution is 2.16. The molecule has 1 heterocycles. The van der Waals surface area contributed by atoms with Gasteiger partial charge in [0.15, 0.2) is 0 Å². The first-order chi connectivity index (χ1) is 8.31. The number of hydrogen-bond acceptors (Lipinski definition) is 6. The van der Waals surface area contributed by atoms with E-state index in [1.165, 1.54) is 0 Å². The lowest BCUT2D eigenvalue weighted by Crippen LogP contribution is -2.04. The van der Waals surface area contributed by atoms with E-state index in [1.54, 1.807) is 0 Å². The second kappa shape index (κ2) is 5.35. The summed E-state index contributed by atoms with van der Waals surface area (Å²) in [6.45, 7) is 0. The number of aromatic nitrogens is 4. The van der Waals surface area contributed by atoms with Gasteiger partial charge in [-0.05, 0) is 39.9 Å². The van der Waals surface area contributed by atoms with Crippen LogP contribution >= 0.6 is 22.6 Å². The van der Waals surface area contributed by atoms with Crippen molar-refractivity contribution in [1.29, 1.82) is 5.26 Å². The van der Waals surface area contributed by atoms with Crippen molar-refractivity contribution in [2.75, 3.05) is 5.43 Å². The molecule has 8 heteroatoms. The number of rotatable bonds is 3. The fourth-order valence-electron chi connectivity index (χ4n) is 1.06. The molecule has 0 atom stereocenters. The van der Waals surface area contributed by atoms with Gasteiger partial charge < -0.3 is 0 Å². The molecule has 0 saturated carbocycles. The fourth-order valence-corrected chi connectivity index (χ4v) is 1.56. The van der Waals surface area contributed by atoms with Crippen LogP contribution in [0.5, 0.6) is 0 Å². The van der Waals surface area contributed by atoms with Crippen molar-refractivity contribution in [2.24, 2.45) is 5.10 Å². The number of halogens is 1. The van der Waals surface area contributed by atoms with Crippen LogP contribution in [0.25, 0.3) is 0 Å². The number of nitriles is 1. The molecule has 1 aromatic heterocycles. The molecule has 7 nitrogen and oxygen atoms in total. The van der Waals surface area contributed by atoms with Crippen LogP contribution in [0.2, 0.25) is 0 Å². The molecular formula is C9H6IN7. The molecule has 0 amide bonds. The number of benzene rings is 1. The summed E-state index contributed by atoms with van der Waals surface area (Å²) < 4.78 is 0.999. The number of para-hydroxylation sites is 1. The second-order valence-electron chi connectivity index (χ2n) is 2.90. The first kappa shape index (κ1) is 11.5. The van der Waals surface area contributed by atoms with Gasteiger partial charge in [-0.3, -0.25) is 5.43 Å². The van der Waals surface area contributed by atoms with Gasteiger partial charge in [-0.25, -0.2) is 0 Å². The largest absolute Gasteiger partial charge is 0.276 e. The molecule has 0 fully saturated rings. The van der Waals surface area contributed by atoms with Gasteiger partial charge in [-0.1, -0.05) is 12.1 Å². The Kier molecular flexibility index (Phi) is 3.61. The molecule has 0 radical (unpaired) electrons. The minimum absolute atomic E-state index is 0.0680. The molecule has 0 aliphatic heterocycles. The molecule has 0 unspecified atom stereocenters. The Morgan fingerprint density at radius 1 is 1.47 bits per heavy atom. The lowest BCUT2D eigenvalue weighted by molar-refractivity contribution is 0.881. The zero-order chi connectivity index (χ0) is 12.1. The van der Waals surface area contributed by atoms with Crippen molar-refractivity contribution < 1.29 is 0 Å². The van der Waals surface area contributed by atoms with Crippen LogP contribution in [0.3, 0.4) is 0 Å². The fraction of sp³-hybridized carbons (Fsp3) is 0. The first-order valence-electron chi connectivity index (χ1n) is 4.53. The van der Waals surface area contributed by atoms with Gasteiger partial charge in [0.1, 0.15) is 6.07 Å². The third-order valence-corrected chi connectivity index (χ3v) is 2.77. The number of aromatic amines is 1. The summed E-state index contributed by atoms with van der Waals surface area (Å²) in [5.74, 6) is 0.158. The van der Waals surface area contributed by atoms with E-state index in [4.69, 9.17) is 5.26 Å². The highest BCUT2D eigenvalue weighted by molar-refractivity contribution is 14.1. The van der Waals surface area contributed by atoms with E-state index in [9.17, 15) is 0 Å². The molecule has 0 spiro atoms. The van der Waals surface area contributed by atoms with Crippen LogP contribution in [-0.2, 0) is 0 Å². The maximum absolute atomic E-state index is 8.90. The van der Waals surface area contributed by atoms with Crippen LogP contribution < -0.4 is 5.43 Å². The Hall–Kier alpha value is -2.02. The molecule has 0 aliphatic carbocycles. The van der Waals surface area contributed by atoms with Gasteiger partial charge in [-0.2, -0.15) is 15.6 Å². The van der Waals surface area contributed by atoms with Crippen LogP contribution in [0, 0.1) is 14.9 Å². The number of tetrazole rings is 1. The van der Waals surface area contributed by atoms with Crippen molar-refractivity contribution in [3.8, 4) is 6.07 Å². The summed E-state index contributed by atoms with van der Waals surface area (Å²) in [5.41, 5.74) is 3.67. The lowest BCUT2D eigenvalue weighted by Gasteiger charge is -2.02. The number of nitrogens with one attached hydrogen (secondary N) is 2. The molecule has 2 aromatic rings. The molecule has 0 bridgehead atoms. The van der Waals surface area contributed by atoms with Gasteiger partial charge in [0.2, 0.25) is 11.5 Å². The highest BCUT2D eigenvalue weighted by Gasteiger charge is 2.07. The third-order valence-electron chi connectivity index (χ3n) is 1.83. The monoisotopic (exact) mass is 339 g/mol. The summed E-state index contributed by atoms with van der Waals surface area (Å²) in [7, 11) is 0. The van der Waals surface area contributed by atoms with Gasteiger partial charge in [0.05, 0.1) is 5.69 Å². The molecular weight excluding hydrogens is 333 g/mol. The van der Waals surface area contributed by atoms with Crippen molar-refractivity contribution in [2.45, 2.75) is 0 Å². The minimum atomic E-state index is 0.0680. The molecule has 1 aromatic carbocycles. The van der Waals surface area contributed by atoms with Gasteiger partial charge in [0, 0.05) is 3.57 Å². The van der Waals surface area contributed by atoms with Crippen LogP contribution in [0.4, 0.5) is 5.69 Å². The maximum Gasteiger partial charge on any atom is 0.235 e. The second-order valence-corrected chi connectivity index (χ2v) is 4.06. The zero-order valence-corrected chi connectivity index (χ0v) is 10.6. The average Bonchev–Trinajstić information content (AvgIpc) is 2.86. The number of H-pyrrole nitrogens is 1. The average molecular weight is 339 g/mol. The summed E-state index contributed by atoms with van der Waals surface area (Å²) in [6, 6.07) is 9.47. The normalized spacial score (nSPS) is 10.9. The number of anilines is 1. The first-order valence-corrected chi connectivity index (χ1v) is 5.61. The zero-order valence-electron chi connectivity index (χ0n) is 8.42. The third kappa shape index (κ3) is 2.76. The predicted octanol–water partition coefficient (Wildman–Crippen LogP) is 1.14. The lowest BCUT2D eigenvalue weighted by atomic mass is 10.3. The van der Waals surface area contributed by atoms with E-state index in [-0.39, 0.29) is 11.5 Å². The SMILES string of the molecule is N#C/C(=N\Nc1ccccc1I)c1nn[nH]n1. The summed E-state index contributed by atoms with van der Waals surface area (Å²) in [5, 5.41) is 25.8. The van der Waals surface area contributed by atoms with Crippen molar-refractivity contribution in [3.05, 3.63) is 33.7 Å². The summed E-state index contributed by atoms with van der Waals surface area (Å²) in [6.07, 6.45) is 0. The summed E-state index contributed by atoms with van der Waals surface area (Å²) >= 11 is 2.17. The predicted molar refractivity (Wildman–Crippen MR) is 69.1 cm³/mol. The number of hydrogen-bond donors (Lipinski definition) is 2. The van der Waals surface area contributed by atoms with E-state index < -0.39 is 0 Å². The quantitative estimate of drug-likeness (QED) is 0.496. The smallest absolute Gasteiger partial charge is 0.235 e. The number of hydrazone groups is 1. The minimum Gasteiger partial charge on any atom is -0.276 e. The molecule has 17 heavy (non-hydrogen) atoms. The summed E-state index contributed by atoms with van der Waals surface area (Å²) in [4.78, 5) is 0. The molecule has 0 saturated heterocycles. The van der Waals surface area contributed by atoms with E-state index in [0.29, 0.717) is 0 Å². The van der Waals surface area contributed by atoms with E-state index >= 15 is 0 Å². The van der Waals surface area contributed by atoms with Gasteiger partial charge in [-0.15, -0.1) is 10.2 Å². The number of nitrogens with zero attached hydrogens (tertiary/aromatic N) is 5. The van der Waals surface area contributed by atoms with Gasteiger partial charge in [0.25, 0.3) is 0 Å². The Morgan fingerprint density at radius 3 is 2.94 bits per heavy atom. The molecule has 0 aliphatic rings. The molecule has 2 rings (SSSR count). The Balaban J connectivity index is 2.21. The van der Waals surface area contributed by atoms with Crippen LogP contribution in [0.15, 0.2) is 29.4 Å². The Bertz CT molecular complexity index is 569. The topological polar surface area (TPSA) is 103 Å². The van der Waals surface area contributed by atoms with E-state index in [0.717, 1.165) is 9.26 Å². The van der Waals surface area contributed by atoms with E-state index in [1.807, 2.05) is 30.3 Å². The van der Waals surface area contributed by atoms with Crippen molar-refractivity contribution >= 4 is 34.0 Å². The van der Waals surface area contributed by atoms with Crippen molar-refractivity contribution in [1.82, 2.24) is 20.6 Å². The van der Waals surface area contributed by atoms with Gasteiger partial charge >= 0.3 is 0 Å². The Labute approximate surface area is 110 Å². The van der Waals surface area contributed by atoms with Crippen LogP contribution in [0.1, 0.15) is 5.82 Å². The van der Waals surface area contributed by atoms with Crippen LogP contribution in [-0.4, -0.2) is 26.3 Å². The standard InChI is InChI=1S/C9H6IN7/c10-6-3-1-2-4-7(6)12-13-8(5-11)9-14-16-17-15-9/h1-4,12H,(H,14,15,16,17)/b13-8+. The van der Waals surface area contributed by atoms with E-state index in [2.05, 4.69) is 53.7 Å². The highest BCUT2D eigenvalue weighted by atomic mass is 127. The Morgan fingerprint density at radius 2 is 2.29 bits per heavy atom. The molecule has 84 valence electrons. The molecule has 2 N–H and O–H groups in total. The van der Waals surface area contributed by atoms with Crippen molar-refractivity contribution in [3.63, 3.8) is 0 Å². The maximum atomic E-state index is 8.90.